The molecule has 0 radical (unpaired) electrons. The first-order chi connectivity index (χ1) is 14.6. The molecule has 0 saturated carbocycles. The van der Waals surface area contributed by atoms with Gasteiger partial charge in [-0.2, -0.15) is 0 Å². The van der Waals surface area contributed by atoms with E-state index in [2.05, 4.69) is 5.32 Å². The number of carbonyl (C=O) groups is 2. The molecule has 1 fully saturated rings. The van der Waals surface area contributed by atoms with Crippen molar-refractivity contribution < 1.29 is 23.8 Å². The molecule has 7 nitrogen and oxygen atoms in total. The second kappa shape index (κ2) is 8.26. The molecule has 1 heterocycles. The Morgan fingerprint density at radius 3 is 2.43 bits per heavy atom. The zero-order valence-corrected chi connectivity index (χ0v) is 17.3. The first-order valence-corrected chi connectivity index (χ1v) is 10.2. The third-order valence-electron chi connectivity index (χ3n) is 5.80. The van der Waals surface area contributed by atoms with Crippen LogP contribution in [-0.4, -0.2) is 44.2 Å². The van der Waals surface area contributed by atoms with E-state index in [0.29, 0.717) is 26.0 Å². The van der Waals surface area contributed by atoms with E-state index in [1.165, 1.54) is 4.90 Å². The van der Waals surface area contributed by atoms with Gasteiger partial charge >= 0.3 is 6.03 Å². The Bertz CT molecular complexity index is 943. The van der Waals surface area contributed by atoms with E-state index in [-0.39, 0.29) is 11.9 Å². The molecule has 30 heavy (non-hydrogen) atoms. The number of aryl methyl sites for hydroxylation is 1. The molecule has 1 aliphatic heterocycles. The van der Waals surface area contributed by atoms with Crippen LogP contribution < -0.4 is 19.5 Å². The van der Waals surface area contributed by atoms with E-state index in [4.69, 9.17) is 14.2 Å². The summed E-state index contributed by atoms with van der Waals surface area (Å²) in [6, 6.07) is 12.7. The lowest BCUT2D eigenvalue weighted by molar-refractivity contribution is -0.132. The molecule has 1 saturated heterocycles. The topological polar surface area (TPSA) is 77.1 Å². The standard InChI is InChI=1S/C23H26N2O5/c1-28-17-6-8-18(9-7-17)30-14-4-13-25-21(26)23(24-22(25)27)12-3-5-16-15-19(29-2)10-11-20(16)23/h6-11,15H,3-5,12-14H2,1-2H3,(H,24,27)/t23-/m1/s1. The second-order valence-corrected chi connectivity index (χ2v) is 7.55. The van der Waals surface area contributed by atoms with Crippen LogP contribution in [-0.2, 0) is 16.8 Å². The van der Waals surface area contributed by atoms with Crippen LogP contribution in [0.2, 0.25) is 0 Å². The summed E-state index contributed by atoms with van der Waals surface area (Å²) in [5.74, 6) is 2.06. The van der Waals surface area contributed by atoms with E-state index < -0.39 is 5.54 Å². The minimum absolute atomic E-state index is 0.178. The number of methoxy groups -OCH3 is 2. The van der Waals surface area contributed by atoms with Crippen molar-refractivity contribution in [2.24, 2.45) is 0 Å². The number of fused-ring (bicyclic) bond motifs is 2. The number of carbonyl (C=O) groups excluding carboxylic acids is 2. The van der Waals surface area contributed by atoms with Crippen LogP contribution in [0.25, 0.3) is 0 Å². The summed E-state index contributed by atoms with van der Waals surface area (Å²) >= 11 is 0. The number of benzene rings is 2. The van der Waals surface area contributed by atoms with E-state index in [9.17, 15) is 9.59 Å². The Balaban J connectivity index is 1.41. The largest absolute Gasteiger partial charge is 0.497 e. The predicted octanol–water partition coefficient (Wildman–Crippen LogP) is 3.26. The summed E-state index contributed by atoms with van der Waals surface area (Å²) in [5.41, 5.74) is 0.970. The first-order valence-electron chi connectivity index (χ1n) is 10.2. The molecule has 7 heteroatoms. The molecule has 3 amide bonds. The van der Waals surface area contributed by atoms with E-state index in [1.54, 1.807) is 14.2 Å². The van der Waals surface area contributed by atoms with Crippen LogP contribution in [0, 0.1) is 0 Å². The summed E-state index contributed by atoms with van der Waals surface area (Å²) in [4.78, 5) is 27.3. The van der Waals surface area contributed by atoms with Crippen LogP contribution in [0.15, 0.2) is 42.5 Å². The molecule has 0 unspecified atom stereocenters. The zero-order chi connectivity index (χ0) is 21.1. The molecule has 1 atom stereocenters. The smallest absolute Gasteiger partial charge is 0.325 e. The summed E-state index contributed by atoms with van der Waals surface area (Å²) in [5, 5.41) is 2.98. The normalized spacial score (nSPS) is 20.1. The van der Waals surface area contributed by atoms with Gasteiger partial charge in [0, 0.05) is 6.54 Å². The monoisotopic (exact) mass is 410 g/mol. The summed E-state index contributed by atoms with van der Waals surface area (Å²) < 4.78 is 16.2. The van der Waals surface area contributed by atoms with Crippen molar-refractivity contribution in [2.45, 2.75) is 31.2 Å². The van der Waals surface area contributed by atoms with Gasteiger partial charge in [-0.25, -0.2) is 4.79 Å². The Morgan fingerprint density at radius 2 is 1.70 bits per heavy atom. The van der Waals surface area contributed by atoms with Gasteiger partial charge in [0.25, 0.3) is 5.91 Å². The number of imide groups is 1. The number of rotatable bonds is 7. The Morgan fingerprint density at radius 1 is 1.00 bits per heavy atom. The van der Waals surface area contributed by atoms with Crippen molar-refractivity contribution >= 4 is 11.9 Å². The molecule has 2 aromatic carbocycles. The van der Waals surface area contributed by atoms with Crippen molar-refractivity contribution in [1.29, 1.82) is 0 Å². The fourth-order valence-electron chi connectivity index (χ4n) is 4.26. The highest BCUT2D eigenvalue weighted by Gasteiger charge is 2.53. The summed E-state index contributed by atoms with van der Waals surface area (Å²) in [7, 11) is 3.24. The van der Waals surface area contributed by atoms with Gasteiger partial charge in [-0.15, -0.1) is 0 Å². The van der Waals surface area contributed by atoms with Gasteiger partial charge in [0.2, 0.25) is 0 Å². The van der Waals surface area contributed by atoms with Crippen LogP contribution in [0.5, 0.6) is 17.2 Å². The lowest BCUT2D eigenvalue weighted by atomic mass is 9.76. The number of hydrogen-bond donors (Lipinski definition) is 1. The summed E-state index contributed by atoms with van der Waals surface area (Å²) in [6.07, 6.45) is 2.86. The Hall–Kier alpha value is -3.22. The van der Waals surface area contributed by atoms with Crippen molar-refractivity contribution in [3.05, 3.63) is 53.6 Å². The fraction of sp³-hybridized carbons (Fsp3) is 0.391. The molecule has 158 valence electrons. The second-order valence-electron chi connectivity index (χ2n) is 7.55. The molecule has 2 aliphatic rings. The van der Waals surface area contributed by atoms with Crippen LogP contribution in [0.4, 0.5) is 4.79 Å². The van der Waals surface area contributed by atoms with E-state index >= 15 is 0 Å². The van der Waals surface area contributed by atoms with Gasteiger partial charge in [-0.3, -0.25) is 9.69 Å². The molecule has 4 rings (SSSR count). The summed E-state index contributed by atoms with van der Waals surface area (Å²) in [6.45, 7) is 0.720. The third-order valence-corrected chi connectivity index (χ3v) is 5.80. The maximum Gasteiger partial charge on any atom is 0.325 e. The van der Waals surface area contributed by atoms with Crippen LogP contribution >= 0.6 is 0 Å². The van der Waals surface area contributed by atoms with Gasteiger partial charge in [-0.05, 0) is 73.2 Å². The third kappa shape index (κ3) is 3.56. The highest BCUT2D eigenvalue weighted by molar-refractivity contribution is 6.07. The lowest BCUT2D eigenvalue weighted by Crippen LogP contribution is -2.46. The van der Waals surface area contributed by atoms with Crippen LogP contribution in [0.3, 0.4) is 0 Å². The highest BCUT2D eigenvalue weighted by Crippen LogP contribution is 2.41. The SMILES string of the molecule is COc1ccc(OCCCN2C(=O)N[C@@]3(CCCc4cc(OC)ccc43)C2=O)cc1. The number of amides is 3. The number of ether oxygens (including phenoxy) is 3. The quantitative estimate of drug-likeness (QED) is 0.560. The maximum atomic E-state index is 13.3. The van der Waals surface area contributed by atoms with Crippen molar-refractivity contribution in [2.75, 3.05) is 27.4 Å². The van der Waals surface area contributed by atoms with Crippen molar-refractivity contribution in [3.8, 4) is 17.2 Å². The van der Waals surface area contributed by atoms with Gasteiger partial charge in [-0.1, -0.05) is 6.07 Å². The molecule has 1 spiro atoms. The maximum absolute atomic E-state index is 13.3. The van der Waals surface area contributed by atoms with Crippen LogP contribution in [0.1, 0.15) is 30.4 Å². The Labute approximate surface area is 175 Å². The van der Waals surface area contributed by atoms with Crippen molar-refractivity contribution in [3.63, 3.8) is 0 Å². The number of nitrogens with one attached hydrogen (secondary N) is 1. The van der Waals surface area contributed by atoms with E-state index in [0.717, 1.165) is 41.2 Å². The molecule has 1 N–H and O–H groups in total. The van der Waals surface area contributed by atoms with Crippen molar-refractivity contribution in [1.82, 2.24) is 10.2 Å². The highest BCUT2D eigenvalue weighted by atomic mass is 16.5. The first kappa shape index (κ1) is 20.1. The fourth-order valence-corrected chi connectivity index (χ4v) is 4.26. The number of hydrogen-bond acceptors (Lipinski definition) is 5. The number of nitrogens with zero attached hydrogens (tertiary/aromatic N) is 1. The minimum atomic E-state index is -0.965. The average Bonchev–Trinajstić information content (AvgIpc) is 3.01. The average molecular weight is 410 g/mol. The lowest BCUT2D eigenvalue weighted by Gasteiger charge is -2.33. The van der Waals surface area contributed by atoms with Gasteiger partial charge in [0.1, 0.15) is 22.8 Å². The Kier molecular flexibility index (Phi) is 5.53. The predicted molar refractivity (Wildman–Crippen MR) is 111 cm³/mol. The molecular weight excluding hydrogens is 384 g/mol. The molecule has 1 aliphatic carbocycles. The molecule has 0 aromatic heterocycles. The van der Waals surface area contributed by atoms with Gasteiger partial charge in [0.05, 0.1) is 20.8 Å². The van der Waals surface area contributed by atoms with E-state index in [1.807, 2.05) is 42.5 Å². The van der Waals surface area contributed by atoms with Gasteiger partial charge < -0.3 is 19.5 Å². The molecule has 0 bridgehead atoms. The van der Waals surface area contributed by atoms with Gasteiger partial charge in [0.15, 0.2) is 0 Å². The molecule has 2 aromatic rings. The minimum Gasteiger partial charge on any atom is -0.497 e. The number of urea groups is 1. The molecular formula is C23H26N2O5. The zero-order valence-electron chi connectivity index (χ0n) is 17.3.